The van der Waals surface area contributed by atoms with Crippen molar-refractivity contribution in [3.8, 4) is 11.8 Å². The molecule has 2 fully saturated rings. The van der Waals surface area contributed by atoms with Gasteiger partial charge in [0.25, 0.3) is 5.91 Å². The number of carbonyl (C=O) groups excluding carboxylic acids is 1. The Balaban J connectivity index is 1.69. The molecule has 3 unspecified atom stereocenters. The SMILES string of the molecule is Cc1cc(C(=O)NC2CC3CCC2O3)ccc1C#CCN. The molecule has 1 amide bonds. The minimum atomic E-state index is -0.0300. The van der Waals surface area contributed by atoms with Crippen molar-refractivity contribution < 1.29 is 9.53 Å². The quantitative estimate of drug-likeness (QED) is 0.806. The number of benzene rings is 1. The normalized spacial score (nSPS) is 26.3. The molecule has 21 heavy (non-hydrogen) atoms. The molecule has 2 saturated heterocycles. The Labute approximate surface area is 125 Å². The van der Waals surface area contributed by atoms with E-state index < -0.39 is 0 Å². The van der Waals surface area contributed by atoms with Crippen LogP contribution in [0.3, 0.4) is 0 Å². The van der Waals surface area contributed by atoms with Crippen molar-refractivity contribution in [3.63, 3.8) is 0 Å². The van der Waals surface area contributed by atoms with E-state index in [0.29, 0.717) is 18.2 Å². The second-order valence-electron chi connectivity index (χ2n) is 5.73. The monoisotopic (exact) mass is 284 g/mol. The number of nitrogens with one attached hydrogen (secondary N) is 1. The summed E-state index contributed by atoms with van der Waals surface area (Å²) in [7, 11) is 0. The van der Waals surface area contributed by atoms with Crippen molar-refractivity contribution in [2.24, 2.45) is 5.73 Å². The van der Waals surface area contributed by atoms with Gasteiger partial charge in [0, 0.05) is 11.1 Å². The summed E-state index contributed by atoms with van der Waals surface area (Å²) in [6.07, 6.45) is 3.67. The van der Waals surface area contributed by atoms with Crippen LogP contribution < -0.4 is 11.1 Å². The first kappa shape index (κ1) is 14.1. The van der Waals surface area contributed by atoms with Crippen LogP contribution in [-0.4, -0.2) is 30.7 Å². The molecule has 0 saturated carbocycles. The second kappa shape index (κ2) is 5.88. The molecule has 1 aromatic rings. The lowest BCUT2D eigenvalue weighted by molar-refractivity contribution is 0.0841. The van der Waals surface area contributed by atoms with Crippen molar-refractivity contribution in [2.75, 3.05) is 6.54 Å². The van der Waals surface area contributed by atoms with E-state index in [9.17, 15) is 4.79 Å². The minimum Gasteiger partial charge on any atom is -0.373 e. The van der Waals surface area contributed by atoms with Crippen LogP contribution in [0.1, 0.15) is 40.7 Å². The van der Waals surface area contributed by atoms with E-state index in [1.165, 1.54) is 0 Å². The fourth-order valence-electron chi connectivity index (χ4n) is 3.13. The highest BCUT2D eigenvalue weighted by Crippen LogP contribution is 2.34. The third kappa shape index (κ3) is 2.94. The fourth-order valence-corrected chi connectivity index (χ4v) is 3.13. The predicted molar refractivity (Wildman–Crippen MR) is 80.9 cm³/mol. The highest BCUT2D eigenvalue weighted by atomic mass is 16.5. The van der Waals surface area contributed by atoms with Gasteiger partial charge in [-0.2, -0.15) is 0 Å². The average molecular weight is 284 g/mol. The first-order chi connectivity index (χ1) is 10.2. The summed E-state index contributed by atoms with van der Waals surface area (Å²) in [4.78, 5) is 12.3. The van der Waals surface area contributed by atoms with Gasteiger partial charge >= 0.3 is 0 Å². The molecule has 3 atom stereocenters. The standard InChI is InChI=1S/C17H20N2O2/c1-11-9-13(5-4-12(11)3-2-8-18)17(20)19-15-10-14-6-7-16(15)21-14/h4-5,9,14-16H,6-8,10,18H2,1H3,(H,19,20). The molecule has 1 aromatic carbocycles. The van der Waals surface area contributed by atoms with Gasteiger partial charge < -0.3 is 15.8 Å². The second-order valence-corrected chi connectivity index (χ2v) is 5.73. The zero-order chi connectivity index (χ0) is 14.8. The van der Waals surface area contributed by atoms with Gasteiger partial charge in [-0.05, 0) is 49.9 Å². The Morgan fingerprint density at radius 3 is 2.95 bits per heavy atom. The lowest BCUT2D eigenvalue weighted by Gasteiger charge is -2.20. The van der Waals surface area contributed by atoms with E-state index in [2.05, 4.69) is 17.2 Å². The molecule has 3 N–H and O–H groups in total. The third-order valence-electron chi connectivity index (χ3n) is 4.24. The summed E-state index contributed by atoms with van der Waals surface area (Å²) < 4.78 is 5.76. The smallest absolute Gasteiger partial charge is 0.251 e. The Bertz CT molecular complexity index is 615. The number of hydrogen-bond acceptors (Lipinski definition) is 3. The third-order valence-corrected chi connectivity index (χ3v) is 4.24. The first-order valence-electron chi connectivity index (χ1n) is 7.43. The molecule has 2 bridgehead atoms. The number of fused-ring (bicyclic) bond motifs is 2. The van der Waals surface area contributed by atoms with E-state index >= 15 is 0 Å². The maximum Gasteiger partial charge on any atom is 0.251 e. The minimum absolute atomic E-state index is 0.0300. The number of aryl methyl sites for hydroxylation is 1. The zero-order valence-corrected chi connectivity index (χ0v) is 12.2. The zero-order valence-electron chi connectivity index (χ0n) is 12.2. The predicted octanol–water partition coefficient (Wildman–Crippen LogP) is 1.35. The van der Waals surface area contributed by atoms with Crippen LogP contribution in [0.2, 0.25) is 0 Å². The molecular weight excluding hydrogens is 264 g/mol. The van der Waals surface area contributed by atoms with Gasteiger partial charge in [-0.25, -0.2) is 0 Å². The Morgan fingerprint density at radius 2 is 2.33 bits per heavy atom. The van der Waals surface area contributed by atoms with Crippen LogP contribution in [-0.2, 0) is 4.74 Å². The van der Waals surface area contributed by atoms with Gasteiger partial charge in [0.2, 0.25) is 0 Å². The number of amides is 1. The van der Waals surface area contributed by atoms with Gasteiger partial charge in [0.15, 0.2) is 0 Å². The van der Waals surface area contributed by atoms with Crippen LogP contribution in [0.5, 0.6) is 0 Å². The Hall–Kier alpha value is -1.83. The maximum absolute atomic E-state index is 12.3. The summed E-state index contributed by atoms with van der Waals surface area (Å²) in [6, 6.07) is 5.73. The van der Waals surface area contributed by atoms with Crippen molar-refractivity contribution in [1.82, 2.24) is 5.32 Å². The molecule has 3 rings (SSSR count). The van der Waals surface area contributed by atoms with Gasteiger partial charge in [-0.15, -0.1) is 0 Å². The van der Waals surface area contributed by atoms with E-state index in [1.807, 2.05) is 25.1 Å². The summed E-state index contributed by atoms with van der Waals surface area (Å²) in [5.74, 6) is 5.81. The van der Waals surface area contributed by atoms with Gasteiger partial charge in [-0.3, -0.25) is 4.79 Å². The number of rotatable bonds is 2. The van der Waals surface area contributed by atoms with Gasteiger partial charge in [0.1, 0.15) is 0 Å². The van der Waals surface area contributed by atoms with Gasteiger partial charge in [-0.1, -0.05) is 11.8 Å². The molecule has 2 aliphatic heterocycles. The first-order valence-corrected chi connectivity index (χ1v) is 7.43. The van der Waals surface area contributed by atoms with E-state index in [0.717, 1.165) is 30.4 Å². The highest BCUT2D eigenvalue weighted by molar-refractivity contribution is 5.94. The Kier molecular flexibility index (Phi) is 3.96. The van der Waals surface area contributed by atoms with Crippen molar-refractivity contribution >= 4 is 5.91 Å². The van der Waals surface area contributed by atoms with Crippen LogP contribution in [0, 0.1) is 18.8 Å². The van der Waals surface area contributed by atoms with E-state index in [-0.39, 0.29) is 18.1 Å². The van der Waals surface area contributed by atoms with Crippen LogP contribution in [0.15, 0.2) is 18.2 Å². The summed E-state index contributed by atoms with van der Waals surface area (Å²) in [5.41, 5.74) is 7.96. The molecule has 0 radical (unpaired) electrons. The molecular formula is C17H20N2O2. The molecule has 0 aromatic heterocycles. The topological polar surface area (TPSA) is 64.3 Å². The summed E-state index contributed by atoms with van der Waals surface area (Å²) in [6.45, 7) is 2.30. The summed E-state index contributed by atoms with van der Waals surface area (Å²) >= 11 is 0. The number of carbonyl (C=O) groups is 1. The lowest BCUT2D eigenvalue weighted by Crippen LogP contribution is -2.41. The van der Waals surface area contributed by atoms with Gasteiger partial charge in [0.05, 0.1) is 24.8 Å². The molecule has 0 spiro atoms. The molecule has 2 aliphatic rings. The molecule has 2 heterocycles. The molecule has 110 valence electrons. The van der Waals surface area contributed by atoms with Crippen LogP contribution in [0.4, 0.5) is 0 Å². The largest absolute Gasteiger partial charge is 0.373 e. The highest BCUT2D eigenvalue weighted by Gasteiger charge is 2.41. The van der Waals surface area contributed by atoms with Crippen LogP contribution in [0.25, 0.3) is 0 Å². The molecule has 4 heteroatoms. The van der Waals surface area contributed by atoms with E-state index in [1.54, 1.807) is 0 Å². The summed E-state index contributed by atoms with van der Waals surface area (Å²) in [5, 5.41) is 3.10. The number of nitrogens with two attached hydrogens (primary N) is 1. The number of hydrogen-bond donors (Lipinski definition) is 2. The van der Waals surface area contributed by atoms with E-state index in [4.69, 9.17) is 10.5 Å². The molecule has 4 nitrogen and oxygen atoms in total. The Morgan fingerprint density at radius 1 is 1.48 bits per heavy atom. The van der Waals surface area contributed by atoms with Crippen molar-refractivity contribution in [1.29, 1.82) is 0 Å². The van der Waals surface area contributed by atoms with Crippen molar-refractivity contribution in [2.45, 2.75) is 44.4 Å². The van der Waals surface area contributed by atoms with Crippen molar-refractivity contribution in [3.05, 3.63) is 34.9 Å². The average Bonchev–Trinajstić information content (AvgIpc) is 3.08. The molecule has 0 aliphatic carbocycles. The lowest BCUT2D eigenvalue weighted by atomic mass is 9.95. The van der Waals surface area contributed by atoms with Crippen LogP contribution >= 0.6 is 0 Å². The maximum atomic E-state index is 12.3. The fraction of sp³-hybridized carbons (Fsp3) is 0.471. The number of ether oxygens (including phenoxy) is 1.